The second-order valence-corrected chi connectivity index (χ2v) is 7.70. The number of thiophene rings is 1. The number of rotatable bonds is 3. The Morgan fingerprint density at radius 2 is 1.88 bits per heavy atom. The van der Waals surface area contributed by atoms with Gasteiger partial charge < -0.3 is 0 Å². The summed E-state index contributed by atoms with van der Waals surface area (Å²) in [5.74, 6) is 0.860. The maximum absolute atomic E-state index is 4.46. The average molecular weight is 353 g/mol. The molecule has 7 heteroatoms. The molecule has 0 aliphatic carbocycles. The minimum Gasteiger partial charge on any atom is -0.274 e. The van der Waals surface area contributed by atoms with E-state index >= 15 is 0 Å². The Morgan fingerprint density at radius 3 is 2.71 bits per heavy atom. The van der Waals surface area contributed by atoms with Gasteiger partial charge in [0.25, 0.3) is 0 Å². The molecule has 0 atom stereocenters. The van der Waals surface area contributed by atoms with E-state index in [2.05, 4.69) is 56.8 Å². The smallest absolute Gasteiger partial charge is 0.202 e. The van der Waals surface area contributed by atoms with Gasteiger partial charge in [0.05, 0.1) is 5.69 Å². The summed E-state index contributed by atoms with van der Waals surface area (Å²) in [7, 11) is 0. The summed E-state index contributed by atoms with van der Waals surface area (Å²) in [5, 5.41) is 11.4. The third-order valence-electron chi connectivity index (χ3n) is 3.76. The van der Waals surface area contributed by atoms with Crippen molar-refractivity contribution in [3.8, 4) is 5.69 Å². The number of hydrogen-bond acceptors (Lipinski definition) is 6. The van der Waals surface area contributed by atoms with Crippen molar-refractivity contribution >= 4 is 33.3 Å². The van der Waals surface area contributed by atoms with Crippen molar-refractivity contribution in [3.05, 3.63) is 52.9 Å². The minimum absolute atomic E-state index is 0.811. The fourth-order valence-electron chi connectivity index (χ4n) is 2.62. The molecule has 3 aromatic heterocycles. The SMILES string of the molecule is Cc1cc2c(Sc3nnc(C)n3-c3ccccc3C)ncnc2s1. The molecule has 120 valence electrons. The predicted molar refractivity (Wildman–Crippen MR) is 97.1 cm³/mol. The maximum atomic E-state index is 4.46. The summed E-state index contributed by atoms with van der Waals surface area (Å²) in [6.07, 6.45) is 1.61. The molecule has 4 rings (SSSR count). The van der Waals surface area contributed by atoms with Gasteiger partial charge in [-0.2, -0.15) is 0 Å². The highest BCUT2D eigenvalue weighted by Crippen LogP contribution is 2.35. The molecule has 0 saturated carbocycles. The van der Waals surface area contributed by atoms with E-state index in [4.69, 9.17) is 0 Å². The van der Waals surface area contributed by atoms with Gasteiger partial charge in [0.15, 0.2) is 0 Å². The number of hydrogen-bond donors (Lipinski definition) is 0. The van der Waals surface area contributed by atoms with E-state index in [1.54, 1.807) is 17.7 Å². The van der Waals surface area contributed by atoms with Gasteiger partial charge in [-0.25, -0.2) is 9.97 Å². The van der Waals surface area contributed by atoms with Gasteiger partial charge in [0, 0.05) is 10.3 Å². The molecule has 0 bridgehead atoms. The molecule has 0 spiro atoms. The Hall–Kier alpha value is -2.25. The van der Waals surface area contributed by atoms with E-state index in [-0.39, 0.29) is 0 Å². The molecule has 0 fully saturated rings. The van der Waals surface area contributed by atoms with E-state index in [1.165, 1.54) is 22.2 Å². The van der Waals surface area contributed by atoms with Crippen LogP contribution in [-0.2, 0) is 0 Å². The number of nitrogens with zero attached hydrogens (tertiary/aromatic N) is 5. The molecule has 24 heavy (non-hydrogen) atoms. The Labute approximate surface area is 147 Å². The Bertz CT molecular complexity index is 1030. The van der Waals surface area contributed by atoms with Crippen LogP contribution in [0.4, 0.5) is 0 Å². The molecule has 0 aliphatic rings. The van der Waals surface area contributed by atoms with Gasteiger partial charge in [-0.3, -0.25) is 4.57 Å². The maximum Gasteiger partial charge on any atom is 0.202 e. The Morgan fingerprint density at radius 1 is 1.04 bits per heavy atom. The summed E-state index contributed by atoms with van der Waals surface area (Å²) in [6.45, 7) is 6.14. The van der Waals surface area contributed by atoms with Crippen molar-refractivity contribution in [1.29, 1.82) is 0 Å². The van der Waals surface area contributed by atoms with Crippen LogP contribution in [0.15, 0.2) is 46.8 Å². The van der Waals surface area contributed by atoms with Crippen LogP contribution < -0.4 is 0 Å². The molecule has 3 heterocycles. The van der Waals surface area contributed by atoms with Gasteiger partial charge >= 0.3 is 0 Å². The Balaban J connectivity index is 1.82. The zero-order valence-electron chi connectivity index (χ0n) is 13.5. The van der Waals surface area contributed by atoms with E-state index < -0.39 is 0 Å². The monoisotopic (exact) mass is 353 g/mol. The van der Waals surface area contributed by atoms with Crippen LogP contribution in [0.25, 0.3) is 15.9 Å². The van der Waals surface area contributed by atoms with Crippen molar-refractivity contribution in [1.82, 2.24) is 24.7 Å². The molecule has 0 aliphatic heterocycles. The van der Waals surface area contributed by atoms with Crippen LogP contribution in [0.1, 0.15) is 16.3 Å². The highest BCUT2D eigenvalue weighted by atomic mass is 32.2. The second kappa shape index (κ2) is 5.99. The van der Waals surface area contributed by atoms with Gasteiger partial charge in [0.2, 0.25) is 5.16 Å². The lowest BCUT2D eigenvalue weighted by Crippen LogP contribution is -2.01. The highest BCUT2D eigenvalue weighted by molar-refractivity contribution is 7.99. The van der Waals surface area contributed by atoms with E-state index in [0.717, 1.165) is 31.9 Å². The van der Waals surface area contributed by atoms with Crippen LogP contribution in [0.5, 0.6) is 0 Å². The number of aryl methyl sites for hydroxylation is 3. The summed E-state index contributed by atoms with van der Waals surface area (Å²) < 4.78 is 2.08. The molecule has 0 saturated heterocycles. The van der Waals surface area contributed by atoms with Crippen molar-refractivity contribution in [2.45, 2.75) is 31.0 Å². The zero-order chi connectivity index (χ0) is 16.7. The molecule has 0 radical (unpaired) electrons. The molecule has 4 aromatic rings. The third kappa shape index (κ3) is 2.59. The largest absolute Gasteiger partial charge is 0.274 e. The van der Waals surface area contributed by atoms with Crippen LogP contribution in [-0.4, -0.2) is 24.7 Å². The van der Waals surface area contributed by atoms with E-state index in [1.807, 2.05) is 19.1 Å². The summed E-state index contributed by atoms with van der Waals surface area (Å²) in [4.78, 5) is 11.0. The lowest BCUT2D eigenvalue weighted by Gasteiger charge is -2.10. The van der Waals surface area contributed by atoms with Crippen molar-refractivity contribution in [2.75, 3.05) is 0 Å². The standard InChI is InChI=1S/C17H15N5S2/c1-10-6-4-5-7-14(10)22-12(3)20-21-17(22)24-16-13-8-11(2)23-15(13)18-9-19-16/h4-9H,1-3H3. The number of aromatic nitrogens is 5. The molecular weight excluding hydrogens is 338 g/mol. The van der Waals surface area contributed by atoms with Gasteiger partial charge in [-0.05, 0) is 50.2 Å². The van der Waals surface area contributed by atoms with E-state index in [9.17, 15) is 0 Å². The van der Waals surface area contributed by atoms with Crippen molar-refractivity contribution < 1.29 is 0 Å². The zero-order valence-corrected chi connectivity index (χ0v) is 15.1. The topological polar surface area (TPSA) is 56.5 Å². The normalized spacial score (nSPS) is 11.3. The number of fused-ring (bicyclic) bond motifs is 1. The first-order valence-electron chi connectivity index (χ1n) is 7.50. The first-order valence-corrected chi connectivity index (χ1v) is 9.14. The lowest BCUT2D eigenvalue weighted by atomic mass is 10.2. The average Bonchev–Trinajstić information content (AvgIpc) is 3.11. The summed E-state index contributed by atoms with van der Waals surface area (Å²) >= 11 is 3.20. The fourth-order valence-corrected chi connectivity index (χ4v) is 4.48. The molecule has 5 nitrogen and oxygen atoms in total. The molecule has 0 N–H and O–H groups in total. The number of benzene rings is 1. The quantitative estimate of drug-likeness (QED) is 0.513. The highest BCUT2D eigenvalue weighted by Gasteiger charge is 2.16. The van der Waals surface area contributed by atoms with Crippen LogP contribution >= 0.6 is 23.1 Å². The molecule has 0 unspecified atom stereocenters. The van der Waals surface area contributed by atoms with Crippen LogP contribution in [0.3, 0.4) is 0 Å². The lowest BCUT2D eigenvalue weighted by molar-refractivity contribution is 0.860. The predicted octanol–water partition coefficient (Wildman–Crippen LogP) is 4.35. The van der Waals surface area contributed by atoms with E-state index in [0.29, 0.717) is 0 Å². The molecule has 0 amide bonds. The summed E-state index contributed by atoms with van der Waals surface area (Å²) in [6, 6.07) is 10.4. The van der Waals surface area contributed by atoms with Gasteiger partial charge in [0.1, 0.15) is 22.0 Å². The molecular formula is C17H15N5S2. The first kappa shape index (κ1) is 15.3. The van der Waals surface area contributed by atoms with Crippen LogP contribution in [0.2, 0.25) is 0 Å². The van der Waals surface area contributed by atoms with Crippen molar-refractivity contribution in [3.63, 3.8) is 0 Å². The van der Waals surface area contributed by atoms with Crippen molar-refractivity contribution in [2.24, 2.45) is 0 Å². The van der Waals surface area contributed by atoms with Gasteiger partial charge in [-0.15, -0.1) is 21.5 Å². The number of para-hydroxylation sites is 1. The van der Waals surface area contributed by atoms with Crippen LogP contribution in [0, 0.1) is 20.8 Å². The van der Waals surface area contributed by atoms with Gasteiger partial charge in [-0.1, -0.05) is 18.2 Å². The third-order valence-corrected chi connectivity index (χ3v) is 5.68. The minimum atomic E-state index is 0.811. The molecule has 1 aromatic carbocycles. The second-order valence-electron chi connectivity index (χ2n) is 5.51. The summed E-state index contributed by atoms with van der Waals surface area (Å²) in [5.41, 5.74) is 2.27. The Kier molecular flexibility index (Phi) is 3.82. The fraction of sp³-hybridized carbons (Fsp3) is 0.176. The first-order chi connectivity index (χ1) is 11.6.